The summed E-state index contributed by atoms with van der Waals surface area (Å²) in [7, 11) is 0. The van der Waals surface area contributed by atoms with Crippen LogP contribution in [0.4, 0.5) is 0 Å². The minimum atomic E-state index is -0.282. The van der Waals surface area contributed by atoms with Crippen molar-refractivity contribution in [2.24, 2.45) is 0 Å². The number of aryl methyl sites for hydroxylation is 1. The molecule has 4 nitrogen and oxygen atoms in total. The Kier molecular flexibility index (Phi) is 6.82. The van der Waals surface area contributed by atoms with E-state index in [1.54, 1.807) is 0 Å². The lowest BCUT2D eigenvalue weighted by Gasteiger charge is -2.07. The standard InChI is InChI=1S/C19H21ClN2O2/c1-14-5-7-16(8-6-14)13-22-19(24)12-18(23)21-10-9-15-3-2-4-17(20)11-15/h2-8,11H,9-10,12-13H2,1H3,(H,21,23)(H,22,24). The van der Waals surface area contributed by atoms with Crippen molar-refractivity contribution in [2.75, 3.05) is 6.54 Å². The number of nitrogens with one attached hydrogen (secondary N) is 2. The molecule has 2 N–H and O–H groups in total. The van der Waals surface area contributed by atoms with E-state index < -0.39 is 0 Å². The summed E-state index contributed by atoms with van der Waals surface area (Å²) in [6, 6.07) is 15.4. The van der Waals surface area contributed by atoms with Crippen LogP contribution in [0.25, 0.3) is 0 Å². The smallest absolute Gasteiger partial charge is 0.229 e. The Bertz CT molecular complexity index is 699. The summed E-state index contributed by atoms with van der Waals surface area (Å²) >= 11 is 5.91. The lowest BCUT2D eigenvalue weighted by molar-refractivity contribution is -0.129. The van der Waals surface area contributed by atoms with Gasteiger partial charge in [0.2, 0.25) is 11.8 Å². The highest BCUT2D eigenvalue weighted by molar-refractivity contribution is 6.30. The van der Waals surface area contributed by atoms with Crippen molar-refractivity contribution in [3.8, 4) is 0 Å². The number of carbonyl (C=O) groups is 2. The number of amides is 2. The molecule has 126 valence electrons. The van der Waals surface area contributed by atoms with Gasteiger partial charge in [0, 0.05) is 18.1 Å². The number of rotatable bonds is 7. The maximum Gasteiger partial charge on any atom is 0.229 e. The first-order chi connectivity index (χ1) is 11.5. The van der Waals surface area contributed by atoms with Crippen LogP contribution < -0.4 is 10.6 Å². The third-order valence-corrected chi connectivity index (χ3v) is 3.79. The van der Waals surface area contributed by atoms with E-state index in [0.29, 0.717) is 24.5 Å². The summed E-state index contributed by atoms with van der Waals surface area (Å²) < 4.78 is 0. The molecule has 2 amide bonds. The van der Waals surface area contributed by atoms with E-state index >= 15 is 0 Å². The van der Waals surface area contributed by atoms with Gasteiger partial charge in [0.1, 0.15) is 6.42 Å². The molecule has 2 aromatic rings. The van der Waals surface area contributed by atoms with Gasteiger partial charge in [-0.25, -0.2) is 0 Å². The van der Waals surface area contributed by atoms with Crippen LogP contribution in [0, 0.1) is 6.92 Å². The van der Waals surface area contributed by atoms with Crippen molar-refractivity contribution in [3.05, 3.63) is 70.2 Å². The van der Waals surface area contributed by atoms with E-state index in [4.69, 9.17) is 11.6 Å². The molecule has 0 saturated heterocycles. The fourth-order valence-corrected chi connectivity index (χ4v) is 2.43. The molecular formula is C19H21ClN2O2. The number of benzene rings is 2. The number of hydrogen-bond donors (Lipinski definition) is 2. The molecule has 0 aliphatic rings. The first-order valence-electron chi connectivity index (χ1n) is 7.86. The molecule has 0 spiro atoms. The number of carbonyl (C=O) groups excluding carboxylic acids is 2. The van der Waals surface area contributed by atoms with Crippen molar-refractivity contribution >= 4 is 23.4 Å². The Balaban J connectivity index is 1.66. The van der Waals surface area contributed by atoms with Crippen LogP contribution in [0.2, 0.25) is 5.02 Å². The first kappa shape index (κ1) is 18.0. The van der Waals surface area contributed by atoms with Gasteiger partial charge < -0.3 is 10.6 Å². The Morgan fingerprint density at radius 1 is 0.958 bits per heavy atom. The Labute approximate surface area is 147 Å². The van der Waals surface area contributed by atoms with Crippen molar-refractivity contribution in [1.82, 2.24) is 10.6 Å². The highest BCUT2D eigenvalue weighted by Gasteiger charge is 2.08. The minimum Gasteiger partial charge on any atom is -0.355 e. The van der Waals surface area contributed by atoms with E-state index in [1.807, 2.05) is 55.5 Å². The lowest BCUT2D eigenvalue weighted by Crippen LogP contribution is -2.32. The molecule has 0 aliphatic carbocycles. The normalized spacial score (nSPS) is 10.2. The fourth-order valence-electron chi connectivity index (χ4n) is 2.22. The van der Waals surface area contributed by atoms with Crippen molar-refractivity contribution in [2.45, 2.75) is 26.3 Å². The van der Waals surface area contributed by atoms with E-state index in [-0.39, 0.29) is 18.2 Å². The Morgan fingerprint density at radius 3 is 2.38 bits per heavy atom. The van der Waals surface area contributed by atoms with E-state index in [1.165, 1.54) is 5.56 Å². The van der Waals surface area contributed by atoms with E-state index in [0.717, 1.165) is 11.1 Å². The SMILES string of the molecule is Cc1ccc(CNC(=O)CC(=O)NCCc2cccc(Cl)c2)cc1. The predicted octanol–water partition coefficient (Wildman–Crippen LogP) is 3.01. The van der Waals surface area contributed by atoms with Crippen molar-refractivity contribution in [3.63, 3.8) is 0 Å². The molecule has 0 aromatic heterocycles. The molecule has 2 rings (SSSR count). The zero-order chi connectivity index (χ0) is 17.4. The summed E-state index contributed by atoms with van der Waals surface area (Å²) in [5, 5.41) is 6.17. The molecule has 5 heteroatoms. The van der Waals surface area contributed by atoms with Crippen LogP contribution in [-0.4, -0.2) is 18.4 Å². The first-order valence-corrected chi connectivity index (χ1v) is 8.24. The quantitative estimate of drug-likeness (QED) is 0.758. The summed E-state index contributed by atoms with van der Waals surface area (Å²) in [6.07, 6.45) is 0.513. The molecule has 0 aliphatic heterocycles. The monoisotopic (exact) mass is 344 g/mol. The maximum absolute atomic E-state index is 11.8. The minimum absolute atomic E-state index is 0.165. The summed E-state index contributed by atoms with van der Waals surface area (Å²) in [4.78, 5) is 23.6. The van der Waals surface area contributed by atoms with Gasteiger partial charge in [0.05, 0.1) is 0 Å². The largest absolute Gasteiger partial charge is 0.355 e. The molecule has 0 heterocycles. The molecule has 0 unspecified atom stereocenters. The molecule has 0 fully saturated rings. The average molecular weight is 345 g/mol. The third-order valence-electron chi connectivity index (χ3n) is 3.56. The van der Waals surface area contributed by atoms with Crippen LogP contribution in [-0.2, 0) is 22.6 Å². The fraction of sp³-hybridized carbons (Fsp3) is 0.263. The molecule has 0 radical (unpaired) electrons. The van der Waals surface area contributed by atoms with Gasteiger partial charge in [-0.05, 0) is 36.6 Å². The lowest BCUT2D eigenvalue weighted by atomic mass is 10.1. The highest BCUT2D eigenvalue weighted by atomic mass is 35.5. The van der Waals surface area contributed by atoms with Gasteiger partial charge in [0.15, 0.2) is 0 Å². The summed E-state index contributed by atoms with van der Waals surface area (Å²) in [5.74, 6) is -0.561. The van der Waals surface area contributed by atoms with Crippen LogP contribution in [0.5, 0.6) is 0 Å². The predicted molar refractivity (Wildman–Crippen MR) is 95.8 cm³/mol. The molecule has 0 saturated carbocycles. The van der Waals surface area contributed by atoms with Crippen LogP contribution in [0.1, 0.15) is 23.1 Å². The molecule has 2 aromatic carbocycles. The molecule has 24 heavy (non-hydrogen) atoms. The number of hydrogen-bond acceptors (Lipinski definition) is 2. The van der Waals surface area contributed by atoms with Gasteiger partial charge in [-0.15, -0.1) is 0 Å². The second-order valence-electron chi connectivity index (χ2n) is 5.67. The molecule has 0 bridgehead atoms. The summed E-state index contributed by atoms with van der Waals surface area (Å²) in [5.41, 5.74) is 3.23. The van der Waals surface area contributed by atoms with Crippen LogP contribution in [0.15, 0.2) is 48.5 Å². The maximum atomic E-state index is 11.8. The van der Waals surface area contributed by atoms with Crippen LogP contribution in [0.3, 0.4) is 0 Å². The zero-order valence-electron chi connectivity index (χ0n) is 13.6. The van der Waals surface area contributed by atoms with Gasteiger partial charge in [-0.2, -0.15) is 0 Å². The second kappa shape index (κ2) is 9.08. The molecular weight excluding hydrogens is 324 g/mol. The van der Waals surface area contributed by atoms with E-state index in [9.17, 15) is 9.59 Å². The van der Waals surface area contributed by atoms with Gasteiger partial charge in [-0.1, -0.05) is 53.6 Å². The topological polar surface area (TPSA) is 58.2 Å². The second-order valence-corrected chi connectivity index (χ2v) is 6.11. The summed E-state index contributed by atoms with van der Waals surface area (Å²) in [6.45, 7) is 2.91. The van der Waals surface area contributed by atoms with Crippen molar-refractivity contribution in [1.29, 1.82) is 0 Å². The van der Waals surface area contributed by atoms with E-state index in [2.05, 4.69) is 10.6 Å². The Morgan fingerprint density at radius 2 is 1.67 bits per heavy atom. The molecule has 0 atom stereocenters. The van der Waals surface area contributed by atoms with Gasteiger partial charge in [0.25, 0.3) is 0 Å². The highest BCUT2D eigenvalue weighted by Crippen LogP contribution is 2.10. The van der Waals surface area contributed by atoms with Crippen molar-refractivity contribution < 1.29 is 9.59 Å². The zero-order valence-corrected chi connectivity index (χ0v) is 14.4. The van der Waals surface area contributed by atoms with Gasteiger partial charge in [-0.3, -0.25) is 9.59 Å². The third kappa shape index (κ3) is 6.42. The number of halogens is 1. The Hall–Kier alpha value is -2.33. The van der Waals surface area contributed by atoms with Gasteiger partial charge >= 0.3 is 0 Å². The van der Waals surface area contributed by atoms with Crippen LogP contribution >= 0.6 is 11.6 Å². The average Bonchev–Trinajstić information content (AvgIpc) is 2.54.